The van der Waals surface area contributed by atoms with Crippen LogP contribution in [0.1, 0.15) is 34.5 Å². The standard InChI is InChI=1S/C25H24F3N9O3/c26-25(27,28)22-20(13-33-34-23(22)38)37-3-1-2-18(37)15-40-19-8-16(10-30-12-19)24(39)36-6-4-35(5-7-36)21-14-31-17(9-29)11-32-21/h8,10-14,18H,1-7,15H2,(H,34,38)/t18-/m0/s1. The van der Waals surface area contributed by atoms with E-state index in [4.69, 9.17) is 10.00 Å². The highest BCUT2D eigenvalue weighted by Gasteiger charge is 2.40. The summed E-state index contributed by atoms with van der Waals surface area (Å²) in [5, 5.41) is 14.3. The smallest absolute Gasteiger partial charge is 0.423 e. The van der Waals surface area contributed by atoms with E-state index in [0.29, 0.717) is 62.7 Å². The highest BCUT2D eigenvalue weighted by molar-refractivity contribution is 5.94. The Kier molecular flexibility index (Phi) is 7.50. The van der Waals surface area contributed by atoms with Crippen molar-refractivity contribution in [2.45, 2.75) is 25.1 Å². The van der Waals surface area contributed by atoms with Gasteiger partial charge in [-0.2, -0.15) is 23.5 Å². The summed E-state index contributed by atoms with van der Waals surface area (Å²) < 4.78 is 46.6. The van der Waals surface area contributed by atoms with Crippen LogP contribution in [0.15, 0.2) is 41.8 Å². The summed E-state index contributed by atoms with van der Waals surface area (Å²) in [5.74, 6) is 0.710. The van der Waals surface area contributed by atoms with Crippen molar-refractivity contribution in [3.05, 3.63) is 64.2 Å². The van der Waals surface area contributed by atoms with E-state index in [1.54, 1.807) is 11.0 Å². The normalized spacial score (nSPS) is 17.6. The third kappa shape index (κ3) is 5.65. The number of H-pyrrole nitrogens is 1. The molecule has 0 bridgehead atoms. The minimum atomic E-state index is -4.83. The Morgan fingerprint density at radius 1 is 1.10 bits per heavy atom. The number of aromatic nitrogens is 5. The molecule has 2 aliphatic rings. The SMILES string of the molecule is N#Cc1cnc(N2CCN(C(=O)c3cncc(OC[C@@H]4CCCN4c4cn[nH]c(=O)c4C(F)(F)F)c3)CC2)cn1. The fourth-order valence-corrected chi connectivity index (χ4v) is 4.88. The number of ether oxygens (including phenoxy) is 1. The highest BCUT2D eigenvalue weighted by atomic mass is 19.4. The van der Waals surface area contributed by atoms with Gasteiger partial charge in [0, 0.05) is 38.9 Å². The van der Waals surface area contributed by atoms with Crippen LogP contribution in [0, 0.1) is 11.3 Å². The van der Waals surface area contributed by atoms with E-state index in [0.717, 1.165) is 6.20 Å². The predicted molar refractivity (Wildman–Crippen MR) is 135 cm³/mol. The van der Waals surface area contributed by atoms with E-state index in [9.17, 15) is 22.8 Å². The molecule has 15 heteroatoms. The van der Waals surface area contributed by atoms with Crippen LogP contribution in [-0.4, -0.2) is 81.3 Å². The quantitative estimate of drug-likeness (QED) is 0.479. The maximum Gasteiger partial charge on any atom is 0.423 e. The predicted octanol–water partition coefficient (Wildman–Crippen LogP) is 1.86. The molecule has 12 nitrogen and oxygen atoms in total. The first-order valence-corrected chi connectivity index (χ1v) is 12.5. The number of hydrogen-bond acceptors (Lipinski definition) is 10. The number of carbonyl (C=O) groups is 1. The number of pyridine rings is 1. The Morgan fingerprint density at radius 2 is 1.90 bits per heavy atom. The molecule has 0 spiro atoms. The first-order chi connectivity index (χ1) is 19.2. The van der Waals surface area contributed by atoms with Gasteiger partial charge >= 0.3 is 6.18 Å². The van der Waals surface area contributed by atoms with Crippen LogP contribution < -0.4 is 20.1 Å². The summed E-state index contributed by atoms with van der Waals surface area (Å²) in [6.07, 6.45) is 3.17. The van der Waals surface area contributed by atoms with Gasteiger partial charge in [0.05, 0.1) is 42.1 Å². The summed E-state index contributed by atoms with van der Waals surface area (Å²) in [6, 6.07) is 3.06. The molecule has 0 aromatic carbocycles. The summed E-state index contributed by atoms with van der Waals surface area (Å²) >= 11 is 0. The van der Waals surface area contributed by atoms with Crippen LogP contribution >= 0.6 is 0 Å². The van der Waals surface area contributed by atoms with Crippen LogP contribution in [0.5, 0.6) is 5.75 Å². The van der Waals surface area contributed by atoms with E-state index in [-0.39, 0.29) is 23.9 Å². The van der Waals surface area contributed by atoms with Gasteiger partial charge in [-0.15, -0.1) is 0 Å². The van der Waals surface area contributed by atoms with Crippen molar-refractivity contribution in [2.24, 2.45) is 0 Å². The second-order valence-electron chi connectivity index (χ2n) is 9.32. The lowest BCUT2D eigenvalue weighted by Gasteiger charge is -2.35. The highest BCUT2D eigenvalue weighted by Crippen LogP contribution is 2.36. The van der Waals surface area contributed by atoms with Gasteiger partial charge < -0.3 is 19.4 Å². The Labute approximate surface area is 226 Å². The molecule has 2 aliphatic heterocycles. The van der Waals surface area contributed by atoms with Crippen molar-refractivity contribution in [3.8, 4) is 11.8 Å². The number of carbonyl (C=O) groups excluding carboxylic acids is 1. The van der Waals surface area contributed by atoms with E-state index < -0.39 is 23.3 Å². The summed E-state index contributed by atoms with van der Waals surface area (Å²) in [7, 11) is 0. The number of nitrogens with one attached hydrogen (secondary N) is 1. The third-order valence-electron chi connectivity index (χ3n) is 6.85. The molecular formula is C25H24F3N9O3. The lowest BCUT2D eigenvalue weighted by molar-refractivity contribution is -0.138. The zero-order valence-electron chi connectivity index (χ0n) is 21.1. The molecule has 0 unspecified atom stereocenters. The molecule has 208 valence electrons. The zero-order valence-corrected chi connectivity index (χ0v) is 21.1. The van der Waals surface area contributed by atoms with Gasteiger partial charge in [0.2, 0.25) is 0 Å². The monoisotopic (exact) mass is 555 g/mol. The van der Waals surface area contributed by atoms with Gasteiger partial charge in [0.1, 0.15) is 29.8 Å². The molecule has 5 heterocycles. The maximum atomic E-state index is 13.6. The summed E-state index contributed by atoms with van der Waals surface area (Å²) in [4.78, 5) is 42.6. The lowest BCUT2D eigenvalue weighted by atomic mass is 10.2. The van der Waals surface area contributed by atoms with Gasteiger partial charge in [-0.05, 0) is 18.9 Å². The Hall–Kier alpha value is -4.74. The largest absolute Gasteiger partial charge is 0.490 e. The first kappa shape index (κ1) is 26.9. The van der Waals surface area contributed by atoms with Crippen molar-refractivity contribution >= 4 is 17.4 Å². The van der Waals surface area contributed by atoms with Gasteiger partial charge in [-0.25, -0.2) is 15.1 Å². The van der Waals surface area contributed by atoms with Gasteiger partial charge in [-0.3, -0.25) is 14.6 Å². The van der Waals surface area contributed by atoms with Crippen molar-refractivity contribution < 1.29 is 22.7 Å². The molecule has 2 fully saturated rings. The molecule has 0 aliphatic carbocycles. The molecule has 3 aromatic rings. The zero-order chi connectivity index (χ0) is 28.3. The fourth-order valence-electron chi connectivity index (χ4n) is 4.88. The molecule has 5 rings (SSSR count). The number of alkyl halides is 3. The van der Waals surface area contributed by atoms with E-state index in [2.05, 4.69) is 20.1 Å². The average molecular weight is 556 g/mol. The molecule has 2 saturated heterocycles. The Morgan fingerprint density at radius 3 is 2.60 bits per heavy atom. The topological polar surface area (TPSA) is 144 Å². The molecule has 1 atom stereocenters. The number of piperazine rings is 1. The molecule has 1 N–H and O–H groups in total. The number of hydrogen-bond donors (Lipinski definition) is 1. The van der Waals surface area contributed by atoms with Crippen LogP contribution in [0.25, 0.3) is 0 Å². The molecule has 40 heavy (non-hydrogen) atoms. The van der Waals surface area contributed by atoms with Crippen molar-refractivity contribution in [1.29, 1.82) is 5.26 Å². The minimum absolute atomic E-state index is 0.0354. The van der Waals surface area contributed by atoms with Crippen molar-refractivity contribution in [1.82, 2.24) is 30.0 Å². The number of halogens is 3. The Balaban J connectivity index is 1.21. The van der Waals surface area contributed by atoms with E-state index >= 15 is 0 Å². The third-order valence-corrected chi connectivity index (χ3v) is 6.85. The number of aromatic amines is 1. The van der Waals surface area contributed by atoms with E-state index in [1.165, 1.54) is 29.7 Å². The van der Waals surface area contributed by atoms with Crippen molar-refractivity contribution in [2.75, 3.05) is 49.1 Å². The van der Waals surface area contributed by atoms with Gasteiger partial charge in [-0.1, -0.05) is 0 Å². The number of amides is 1. The number of anilines is 2. The number of nitriles is 1. The molecular weight excluding hydrogens is 531 g/mol. The van der Waals surface area contributed by atoms with Crippen LogP contribution in [0.3, 0.4) is 0 Å². The average Bonchev–Trinajstić information content (AvgIpc) is 3.44. The number of nitrogens with zero attached hydrogens (tertiary/aromatic N) is 8. The lowest BCUT2D eigenvalue weighted by Crippen LogP contribution is -2.49. The van der Waals surface area contributed by atoms with Crippen molar-refractivity contribution in [3.63, 3.8) is 0 Å². The Bertz CT molecular complexity index is 1470. The van der Waals surface area contributed by atoms with Crippen LogP contribution in [-0.2, 0) is 6.18 Å². The molecule has 1 amide bonds. The minimum Gasteiger partial charge on any atom is -0.490 e. The molecule has 3 aromatic heterocycles. The second kappa shape index (κ2) is 11.2. The van der Waals surface area contributed by atoms with E-state index in [1.807, 2.05) is 16.1 Å². The number of rotatable bonds is 6. The fraction of sp³-hybridized carbons (Fsp3) is 0.400. The second-order valence-corrected chi connectivity index (χ2v) is 9.32. The van der Waals surface area contributed by atoms with Crippen LogP contribution in [0.2, 0.25) is 0 Å². The molecule has 0 radical (unpaired) electrons. The maximum absolute atomic E-state index is 13.6. The summed E-state index contributed by atoms with van der Waals surface area (Å²) in [5.41, 5.74) is -2.31. The van der Waals surface area contributed by atoms with Gasteiger partial charge in [0.15, 0.2) is 5.69 Å². The van der Waals surface area contributed by atoms with Crippen LogP contribution in [0.4, 0.5) is 24.7 Å². The first-order valence-electron chi connectivity index (χ1n) is 12.5. The summed E-state index contributed by atoms with van der Waals surface area (Å²) in [6.45, 7) is 2.30. The van der Waals surface area contributed by atoms with Gasteiger partial charge in [0.25, 0.3) is 11.5 Å². The molecule has 0 saturated carbocycles.